The second kappa shape index (κ2) is 2.76. The minimum Gasteiger partial charge on any atom is -0.396 e. The maximum atomic E-state index is 8.80. The molecule has 0 heterocycles. The first-order chi connectivity index (χ1) is 5.31. The lowest BCUT2D eigenvalue weighted by molar-refractivity contribution is 0.268. The third-order valence-electron chi connectivity index (χ3n) is 2.96. The lowest BCUT2D eigenvalue weighted by Crippen LogP contribution is -2.31. The highest BCUT2D eigenvalue weighted by Crippen LogP contribution is 2.36. The summed E-state index contributed by atoms with van der Waals surface area (Å²) >= 11 is 0. The minimum absolute atomic E-state index is 0.370. The van der Waals surface area contributed by atoms with Crippen molar-refractivity contribution in [3.63, 3.8) is 0 Å². The van der Waals surface area contributed by atoms with Crippen LogP contribution in [0.4, 0.5) is 0 Å². The Morgan fingerprint density at radius 2 is 2.27 bits per heavy atom. The predicted octanol–water partition coefficient (Wildman–Crippen LogP) is 0.755. The highest BCUT2D eigenvalue weighted by Gasteiger charge is 2.39. The van der Waals surface area contributed by atoms with Gasteiger partial charge in [-0.25, -0.2) is 0 Å². The molecule has 0 aromatic carbocycles. The van der Waals surface area contributed by atoms with Gasteiger partial charge in [0, 0.05) is 18.7 Å². The second-order valence-corrected chi connectivity index (χ2v) is 4.08. The lowest BCUT2D eigenvalue weighted by atomic mass is 10.2. The molecule has 3 unspecified atom stereocenters. The van der Waals surface area contributed by atoms with Crippen LogP contribution in [0.2, 0.25) is 0 Å². The summed E-state index contributed by atoms with van der Waals surface area (Å²) in [6.45, 7) is 2.64. The van der Waals surface area contributed by atoms with Crippen LogP contribution in [0.1, 0.15) is 26.2 Å². The van der Waals surface area contributed by atoms with Gasteiger partial charge in [0.2, 0.25) is 0 Å². The zero-order valence-corrected chi connectivity index (χ0v) is 7.09. The van der Waals surface area contributed by atoms with E-state index in [0.717, 1.165) is 5.92 Å². The Morgan fingerprint density at radius 3 is 2.73 bits per heavy atom. The van der Waals surface area contributed by atoms with Crippen molar-refractivity contribution in [1.29, 1.82) is 0 Å². The summed E-state index contributed by atoms with van der Waals surface area (Å²) in [6, 6.07) is 1.33. The van der Waals surface area contributed by atoms with Crippen molar-refractivity contribution >= 4 is 0 Å². The molecule has 11 heavy (non-hydrogen) atoms. The quantitative estimate of drug-likeness (QED) is 0.628. The molecular weight excluding hydrogens is 138 g/mol. The topological polar surface area (TPSA) is 32.3 Å². The van der Waals surface area contributed by atoms with E-state index < -0.39 is 0 Å². The molecule has 2 saturated carbocycles. The molecule has 64 valence electrons. The molecule has 0 amide bonds. The number of rotatable bonds is 4. The fraction of sp³-hybridized carbons (Fsp3) is 1.00. The van der Waals surface area contributed by atoms with E-state index in [9.17, 15) is 0 Å². The molecule has 2 rings (SSSR count). The Bertz CT molecular complexity index is 144. The van der Waals surface area contributed by atoms with Crippen molar-refractivity contribution in [2.45, 2.75) is 38.3 Å². The van der Waals surface area contributed by atoms with Crippen molar-refractivity contribution in [2.75, 3.05) is 6.61 Å². The van der Waals surface area contributed by atoms with E-state index in [-0.39, 0.29) is 0 Å². The summed E-state index contributed by atoms with van der Waals surface area (Å²) in [5.74, 6) is 1.51. The van der Waals surface area contributed by atoms with Crippen molar-refractivity contribution in [1.82, 2.24) is 5.32 Å². The van der Waals surface area contributed by atoms with E-state index in [0.29, 0.717) is 24.6 Å². The molecule has 0 bridgehead atoms. The van der Waals surface area contributed by atoms with Gasteiger partial charge < -0.3 is 10.4 Å². The van der Waals surface area contributed by atoms with Gasteiger partial charge in [0.1, 0.15) is 0 Å². The molecule has 2 heteroatoms. The third-order valence-corrected chi connectivity index (χ3v) is 2.96. The van der Waals surface area contributed by atoms with E-state index >= 15 is 0 Å². The summed E-state index contributed by atoms with van der Waals surface area (Å²) < 4.78 is 0. The predicted molar refractivity (Wildman–Crippen MR) is 44.3 cm³/mol. The van der Waals surface area contributed by atoms with Crippen LogP contribution in [-0.2, 0) is 0 Å². The van der Waals surface area contributed by atoms with Crippen LogP contribution in [0.15, 0.2) is 0 Å². The molecule has 3 atom stereocenters. The largest absolute Gasteiger partial charge is 0.396 e. The molecular formula is C9H17NO. The summed E-state index contributed by atoms with van der Waals surface area (Å²) in [7, 11) is 0. The Kier molecular flexibility index (Phi) is 1.90. The molecule has 0 spiro atoms. The van der Waals surface area contributed by atoms with Crippen molar-refractivity contribution in [2.24, 2.45) is 11.8 Å². The maximum Gasteiger partial charge on any atom is 0.0474 e. The van der Waals surface area contributed by atoms with Crippen LogP contribution in [-0.4, -0.2) is 23.8 Å². The fourth-order valence-corrected chi connectivity index (χ4v) is 1.72. The van der Waals surface area contributed by atoms with Crippen molar-refractivity contribution < 1.29 is 5.11 Å². The maximum absolute atomic E-state index is 8.80. The van der Waals surface area contributed by atoms with Crippen LogP contribution in [0.5, 0.6) is 0 Å². The number of aliphatic hydroxyl groups is 1. The molecule has 0 aromatic heterocycles. The summed E-state index contributed by atoms with van der Waals surface area (Å²) in [5.41, 5.74) is 0. The van der Waals surface area contributed by atoms with Crippen LogP contribution in [0, 0.1) is 11.8 Å². The molecule has 2 fully saturated rings. The highest BCUT2D eigenvalue weighted by atomic mass is 16.3. The highest BCUT2D eigenvalue weighted by molar-refractivity contribution is 4.96. The van der Waals surface area contributed by atoms with Crippen molar-refractivity contribution in [3.8, 4) is 0 Å². The van der Waals surface area contributed by atoms with Crippen LogP contribution >= 0.6 is 0 Å². The first kappa shape index (κ1) is 7.56. The molecule has 0 aromatic rings. The number of nitrogens with one attached hydrogen (secondary N) is 1. The molecule has 2 nitrogen and oxygen atoms in total. The molecule has 2 aliphatic carbocycles. The van der Waals surface area contributed by atoms with Gasteiger partial charge in [-0.15, -0.1) is 0 Å². The normalized spacial score (nSPS) is 38.7. The van der Waals surface area contributed by atoms with Crippen molar-refractivity contribution in [3.05, 3.63) is 0 Å². The Hall–Kier alpha value is -0.0800. The zero-order valence-electron chi connectivity index (χ0n) is 7.09. The third kappa shape index (κ3) is 1.74. The zero-order chi connectivity index (χ0) is 7.84. The molecule has 0 radical (unpaired) electrons. The molecule has 2 aliphatic rings. The number of hydrogen-bond donors (Lipinski definition) is 2. The second-order valence-electron chi connectivity index (χ2n) is 4.08. The van der Waals surface area contributed by atoms with Gasteiger partial charge in [-0.3, -0.25) is 0 Å². The van der Waals surface area contributed by atoms with Gasteiger partial charge in [0.05, 0.1) is 0 Å². The summed E-state index contributed by atoms with van der Waals surface area (Å²) in [5, 5.41) is 12.4. The van der Waals surface area contributed by atoms with Crippen LogP contribution < -0.4 is 5.32 Å². The van der Waals surface area contributed by atoms with Gasteiger partial charge in [0.15, 0.2) is 0 Å². The van der Waals surface area contributed by atoms with Gasteiger partial charge in [-0.1, -0.05) is 0 Å². The van der Waals surface area contributed by atoms with E-state index in [2.05, 4.69) is 12.2 Å². The van der Waals surface area contributed by atoms with Gasteiger partial charge in [-0.2, -0.15) is 0 Å². The molecule has 0 aliphatic heterocycles. The smallest absolute Gasteiger partial charge is 0.0474 e. The standard InChI is InChI=1S/C9H17NO/c1-6(7-2-3-7)10-9-4-8(9)5-11/h6-11H,2-5H2,1H3. The Labute approximate surface area is 68.0 Å². The number of aliphatic hydroxyl groups excluding tert-OH is 1. The summed E-state index contributed by atoms with van der Waals surface area (Å²) in [6.07, 6.45) is 4.00. The fourth-order valence-electron chi connectivity index (χ4n) is 1.72. The molecule has 0 saturated heterocycles. The monoisotopic (exact) mass is 155 g/mol. The average molecular weight is 155 g/mol. The minimum atomic E-state index is 0.370. The summed E-state index contributed by atoms with van der Waals surface area (Å²) in [4.78, 5) is 0. The van der Waals surface area contributed by atoms with E-state index in [1.54, 1.807) is 0 Å². The Morgan fingerprint density at radius 1 is 1.55 bits per heavy atom. The first-order valence-corrected chi connectivity index (χ1v) is 4.68. The van der Waals surface area contributed by atoms with E-state index in [4.69, 9.17) is 5.11 Å². The lowest BCUT2D eigenvalue weighted by Gasteiger charge is -2.11. The van der Waals surface area contributed by atoms with Gasteiger partial charge >= 0.3 is 0 Å². The van der Waals surface area contributed by atoms with Gasteiger partial charge in [-0.05, 0) is 38.0 Å². The molecule has 2 N–H and O–H groups in total. The van der Waals surface area contributed by atoms with Gasteiger partial charge in [0.25, 0.3) is 0 Å². The average Bonchev–Trinajstić information content (AvgIpc) is 2.84. The number of hydrogen-bond acceptors (Lipinski definition) is 2. The van der Waals surface area contributed by atoms with Crippen LogP contribution in [0.25, 0.3) is 0 Å². The Balaban J connectivity index is 1.66. The first-order valence-electron chi connectivity index (χ1n) is 4.68. The van der Waals surface area contributed by atoms with E-state index in [1.165, 1.54) is 19.3 Å². The SMILES string of the molecule is CC(NC1CC1CO)C1CC1. The van der Waals surface area contributed by atoms with Crippen LogP contribution in [0.3, 0.4) is 0 Å². The van der Waals surface area contributed by atoms with E-state index in [1.807, 2.05) is 0 Å².